The van der Waals surface area contributed by atoms with Gasteiger partial charge in [-0.1, -0.05) is 0 Å². The smallest absolute Gasteiger partial charge is 0.139 e. The van der Waals surface area contributed by atoms with Gasteiger partial charge in [-0.25, -0.2) is 4.98 Å². The summed E-state index contributed by atoms with van der Waals surface area (Å²) in [5.41, 5.74) is 0.897. The van der Waals surface area contributed by atoms with Crippen molar-refractivity contribution in [1.29, 1.82) is 0 Å². The summed E-state index contributed by atoms with van der Waals surface area (Å²) >= 11 is 0. The summed E-state index contributed by atoms with van der Waals surface area (Å²) < 4.78 is 5.38. The summed E-state index contributed by atoms with van der Waals surface area (Å²) in [5.74, 6) is 0.947. The van der Waals surface area contributed by atoms with Crippen LogP contribution in [-0.4, -0.2) is 24.1 Å². The van der Waals surface area contributed by atoms with E-state index in [0.29, 0.717) is 6.04 Å². The Kier molecular flexibility index (Phi) is 2.96. The summed E-state index contributed by atoms with van der Waals surface area (Å²) in [6.07, 6.45) is 7.08. The average Bonchev–Trinajstić information content (AvgIpc) is 2.69. The van der Waals surface area contributed by atoms with E-state index in [2.05, 4.69) is 15.6 Å². The number of nitrogens with zero attached hydrogens (tertiary/aromatic N) is 1. The van der Waals surface area contributed by atoms with E-state index in [-0.39, 0.29) is 0 Å². The molecule has 90 valence electrons. The van der Waals surface area contributed by atoms with Crippen molar-refractivity contribution in [3.8, 4) is 0 Å². The Bertz CT molecular complexity index is 486. The Morgan fingerprint density at radius 2 is 2.29 bits per heavy atom. The number of furan rings is 1. The fraction of sp³-hybridized carbons (Fsp3) is 0.462. The van der Waals surface area contributed by atoms with Crippen LogP contribution in [0, 0.1) is 0 Å². The average molecular weight is 231 g/mol. The van der Waals surface area contributed by atoms with Crippen LogP contribution in [0.3, 0.4) is 0 Å². The second-order valence-electron chi connectivity index (χ2n) is 4.51. The third-order valence-electron chi connectivity index (χ3n) is 3.30. The van der Waals surface area contributed by atoms with Gasteiger partial charge in [-0.05, 0) is 44.5 Å². The zero-order valence-corrected chi connectivity index (χ0v) is 9.78. The molecule has 2 N–H and O–H groups in total. The lowest BCUT2D eigenvalue weighted by Crippen LogP contribution is -2.22. The number of aromatic nitrogens is 1. The van der Waals surface area contributed by atoms with Crippen molar-refractivity contribution in [3.05, 3.63) is 24.6 Å². The maximum atomic E-state index is 5.38. The Labute approximate surface area is 100 Å². The fourth-order valence-corrected chi connectivity index (χ4v) is 2.37. The van der Waals surface area contributed by atoms with E-state index in [1.54, 1.807) is 12.5 Å². The first kappa shape index (κ1) is 10.6. The minimum Gasteiger partial charge on any atom is -0.464 e. The van der Waals surface area contributed by atoms with Gasteiger partial charge in [0.15, 0.2) is 0 Å². The van der Waals surface area contributed by atoms with Crippen molar-refractivity contribution in [2.45, 2.75) is 25.3 Å². The molecule has 2 aromatic rings. The molecule has 1 aliphatic heterocycles. The van der Waals surface area contributed by atoms with Crippen LogP contribution in [0.5, 0.6) is 0 Å². The van der Waals surface area contributed by atoms with Gasteiger partial charge in [-0.3, -0.25) is 0 Å². The molecule has 0 saturated carbocycles. The first-order valence-electron chi connectivity index (χ1n) is 6.23. The largest absolute Gasteiger partial charge is 0.464 e. The van der Waals surface area contributed by atoms with Gasteiger partial charge >= 0.3 is 0 Å². The molecule has 0 bridgehead atoms. The van der Waals surface area contributed by atoms with Crippen LogP contribution in [0.1, 0.15) is 19.3 Å². The number of anilines is 1. The summed E-state index contributed by atoms with van der Waals surface area (Å²) in [6.45, 7) is 2.21. The molecular weight excluding hydrogens is 214 g/mol. The van der Waals surface area contributed by atoms with Crippen molar-refractivity contribution in [2.24, 2.45) is 0 Å². The van der Waals surface area contributed by atoms with E-state index in [1.807, 2.05) is 12.1 Å². The molecule has 4 heteroatoms. The molecule has 1 unspecified atom stereocenters. The molecule has 0 spiro atoms. The van der Waals surface area contributed by atoms with Gasteiger partial charge in [0.25, 0.3) is 0 Å². The summed E-state index contributed by atoms with van der Waals surface area (Å²) in [6, 6.07) is 4.38. The van der Waals surface area contributed by atoms with Crippen LogP contribution < -0.4 is 10.6 Å². The monoisotopic (exact) mass is 231 g/mol. The Morgan fingerprint density at radius 3 is 3.29 bits per heavy atom. The van der Waals surface area contributed by atoms with Crippen LogP contribution in [-0.2, 0) is 0 Å². The van der Waals surface area contributed by atoms with E-state index >= 15 is 0 Å². The lowest BCUT2D eigenvalue weighted by molar-refractivity contribution is 0.615. The highest BCUT2D eigenvalue weighted by atomic mass is 16.3. The van der Waals surface area contributed by atoms with Gasteiger partial charge in [0.05, 0.1) is 11.6 Å². The Morgan fingerprint density at radius 1 is 1.29 bits per heavy atom. The molecule has 0 aliphatic carbocycles. The van der Waals surface area contributed by atoms with Crippen molar-refractivity contribution < 1.29 is 4.42 Å². The standard InChI is InChI=1S/C13H17N3O/c1-2-10(3-7-14-6-1)16-13-11-5-9-17-12(11)4-8-15-13/h4-5,8-10,14H,1-3,6-7H2,(H,15,16). The van der Waals surface area contributed by atoms with E-state index in [0.717, 1.165) is 36.3 Å². The highest BCUT2D eigenvalue weighted by Crippen LogP contribution is 2.23. The van der Waals surface area contributed by atoms with E-state index in [1.165, 1.54) is 12.8 Å². The molecule has 1 fully saturated rings. The third-order valence-corrected chi connectivity index (χ3v) is 3.30. The number of hydrogen-bond donors (Lipinski definition) is 2. The lowest BCUT2D eigenvalue weighted by atomic mass is 10.1. The predicted octanol–water partition coefficient (Wildman–Crippen LogP) is 2.38. The van der Waals surface area contributed by atoms with Crippen LogP contribution in [0.25, 0.3) is 11.0 Å². The molecule has 1 saturated heterocycles. The number of rotatable bonds is 2. The topological polar surface area (TPSA) is 50.1 Å². The quantitative estimate of drug-likeness (QED) is 0.833. The van der Waals surface area contributed by atoms with Gasteiger partial charge in [-0.15, -0.1) is 0 Å². The molecule has 3 heterocycles. The molecule has 0 aromatic carbocycles. The maximum Gasteiger partial charge on any atom is 0.139 e. The predicted molar refractivity (Wildman–Crippen MR) is 68.1 cm³/mol. The zero-order valence-electron chi connectivity index (χ0n) is 9.78. The second kappa shape index (κ2) is 4.75. The van der Waals surface area contributed by atoms with Gasteiger partial charge in [-0.2, -0.15) is 0 Å². The minimum atomic E-state index is 0.512. The van der Waals surface area contributed by atoms with E-state index in [4.69, 9.17) is 4.42 Å². The van der Waals surface area contributed by atoms with E-state index in [9.17, 15) is 0 Å². The minimum absolute atomic E-state index is 0.512. The van der Waals surface area contributed by atoms with Gasteiger partial charge in [0.1, 0.15) is 11.4 Å². The maximum absolute atomic E-state index is 5.38. The molecular formula is C13H17N3O. The Hall–Kier alpha value is -1.55. The molecule has 0 radical (unpaired) electrons. The number of hydrogen-bond acceptors (Lipinski definition) is 4. The van der Waals surface area contributed by atoms with Crippen LogP contribution in [0.2, 0.25) is 0 Å². The highest BCUT2D eigenvalue weighted by molar-refractivity contribution is 5.87. The molecule has 4 nitrogen and oxygen atoms in total. The van der Waals surface area contributed by atoms with Crippen molar-refractivity contribution in [1.82, 2.24) is 10.3 Å². The van der Waals surface area contributed by atoms with Crippen LogP contribution >= 0.6 is 0 Å². The SMILES string of the molecule is c1cc2occc2c(NC2CCCNCC2)n1. The van der Waals surface area contributed by atoms with Crippen molar-refractivity contribution in [3.63, 3.8) is 0 Å². The second-order valence-corrected chi connectivity index (χ2v) is 4.51. The first-order chi connectivity index (χ1) is 8.43. The summed E-state index contributed by atoms with van der Waals surface area (Å²) in [4.78, 5) is 4.41. The number of nitrogens with one attached hydrogen (secondary N) is 2. The first-order valence-corrected chi connectivity index (χ1v) is 6.23. The Balaban J connectivity index is 1.81. The van der Waals surface area contributed by atoms with Gasteiger partial charge < -0.3 is 15.1 Å². The normalized spacial score (nSPS) is 21.3. The lowest BCUT2D eigenvalue weighted by Gasteiger charge is -2.16. The van der Waals surface area contributed by atoms with Gasteiger partial charge in [0.2, 0.25) is 0 Å². The molecule has 17 heavy (non-hydrogen) atoms. The molecule has 3 rings (SSSR count). The third kappa shape index (κ3) is 2.26. The van der Waals surface area contributed by atoms with Crippen molar-refractivity contribution >= 4 is 16.8 Å². The molecule has 0 amide bonds. The summed E-state index contributed by atoms with van der Waals surface area (Å²) in [5, 5.41) is 8.03. The highest BCUT2D eigenvalue weighted by Gasteiger charge is 2.13. The van der Waals surface area contributed by atoms with Crippen molar-refractivity contribution in [2.75, 3.05) is 18.4 Å². The van der Waals surface area contributed by atoms with Crippen LogP contribution in [0.4, 0.5) is 5.82 Å². The molecule has 1 atom stereocenters. The van der Waals surface area contributed by atoms with Gasteiger partial charge in [0, 0.05) is 12.2 Å². The fourth-order valence-electron chi connectivity index (χ4n) is 2.37. The number of pyridine rings is 1. The van der Waals surface area contributed by atoms with E-state index < -0.39 is 0 Å². The molecule has 2 aromatic heterocycles. The summed E-state index contributed by atoms with van der Waals surface area (Å²) in [7, 11) is 0. The van der Waals surface area contributed by atoms with Crippen LogP contribution in [0.15, 0.2) is 29.0 Å². The molecule has 1 aliphatic rings. The number of fused-ring (bicyclic) bond motifs is 1. The zero-order chi connectivity index (χ0) is 11.5.